The molecule has 5 N–H and O–H groups in total. The Kier molecular flexibility index (Phi) is 3.42. The number of aryl methyl sites for hydroxylation is 1. The zero-order chi connectivity index (χ0) is 17.4. The fourth-order valence-electron chi connectivity index (χ4n) is 2.60. The van der Waals surface area contributed by atoms with Crippen LogP contribution in [0.3, 0.4) is 0 Å². The van der Waals surface area contributed by atoms with Gasteiger partial charge in [0.25, 0.3) is 0 Å². The lowest BCUT2D eigenvalue weighted by atomic mass is 10.3. The molecule has 0 radical (unpaired) electrons. The Bertz CT molecular complexity index is 1030. The van der Waals surface area contributed by atoms with Crippen molar-refractivity contribution in [2.75, 3.05) is 16.8 Å². The molecule has 0 aliphatic heterocycles. The number of nitrogens with one attached hydrogen (secondary N) is 1. The van der Waals surface area contributed by atoms with Crippen molar-refractivity contribution in [2.24, 2.45) is 0 Å². The molecule has 0 amide bonds. The minimum atomic E-state index is 0.165. The van der Waals surface area contributed by atoms with E-state index in [-0.39, 0.29) is 5.95 Å². The first kappa shape index (κ1) is 14.9. The van der Waals surface area contributed by atoms with Crippen molar-refractivity contribution in [1.82, 2.24) is 24.5 Å². The number of rotatable bonds is 3. The standard InChI is InChI=1S/C17H16N8/c1-10-20-15(19)24-16(21-10)25-14-5-3-2-4-13(14)23-17(25)22-12-8-6-11(18)7-9-12/h2-9H,18H2,1H3,(H,22,23)(H2,19,20,21,24). The van der Waals surface area contributed by atoms with Gasteiger partial charge in [0.05, 0.1) is 11.0 Å². The molecular formula is C17H16N8. The average Bonchev–Trinajstić information content (AvgIpc) is 2.94. The van der Waals surface area contributed by atoms with Crippen LogP contribution in [0.1, 0.15) is 5.82 Å². The first-order valence-corrected chi connectivity index (χ1v) is 7.69. The summed E-state index contributed by atoms with van der Waals surface area (Å²) in [7, 11) is 0. The monoisotopic (exact) mass is 332 g/mol. The summed E-state index contributed by atoms with van der Waals surface area (Å²) < 4.78 is 1.82. The predicted molar refractivity (Wildman–Crippen MR) is 97.7 cm³/mol. The predicted octanol–water partition coefficient (Wildman–Crippen LogP) is 2.43. The Morgan fingerprint density at radius 1 is 0.880 bits per heavy atom. The van der Waals surface area contributed by atoms with Gasteiger partial charge < -0.3 is 16.8 Å². The number of fused-ring (bicyclic) bond motifs is 1. The lowest BCUT2D eigenvalue weighted by Gasteiger charge is -2.10. The summed E-state index contributed by atoms with van der Waals surface area (Å²) in [5.41, 5.74) is 14.8. The smallest absolute Gasteiger partial charge is 0.242 e. The zero-order valence-electron chi connectivity index (χ0n) is 13.5. The number of anilines is 4. The molecule has 0 spiro atoms. The SMILES string of the molecule is Cc1nc(N)nc(-n2c(Nc3ccc(N)cc3)nc3ccccc32)n1. The van der Waals surface area contributed by atoms with Crippen LogP contribution in [0.25, 0.3) is 17.0 Å². The molecule has 0 saturated heterocycles. The molecule has 8 nitrogen and oxygen atoms in total. The van der Waals surface area contributed by atoms with Crippen LogP contribution in [0, 0.1) is 6.92 Å². The van der Waals surface area contributed by atoms with E-state index in [1.807, 2.05) is 53.1 Å². The number of hydrogen-bond donors (Lipinski definition) is 3. The van der Waals surface area contributed by atoms with Gasteiger partial charge in [0, 0.05) is 11.4 Å². The molecule has 0 aliphatic carbocycles. The number of benzene rings is 2. The highest BCUT2D eigenvalue weighted by molar-refractivity contribution is 5.81. The number of nitrogens with two attached hydrogens (primary N) is 2. The van der Waals surface area contributed by atoms with E-state index in [0.717, 1.165) is 16.7 Å². The van der Waals surface area contributed by atoms with E-state index in [1.165, 1.54) is 0 Å². The topological polar surface area (TPSA) is 121 Å². The summed E-state index contributed by atoms with van der Waals surface area (Å²) in [6.07, 6.45) is 0. The maximum Gasteiger partial charge on any atom is 0.242 e. The molecule has 0 fully saturated rings. The summed E-state index contributed by atoms with van der Waals surface area (Å²) in [4.78, 5) is 17.3. The number of nitrogens with zero attached hydrogens (tertiary/aromatic N) is 5. The van der Waals surface area contributed by atoms with Crippen molar-refractivity contribution in [3.05, 3.63) is 54.4 Å². The first-order chi connectivity index (χ1) is 12.1. The van der Waals surface area contributed by atoms with E-state index < -0.39 is 0 Å². The van der Waals surface area contributed by atoms with Crippen LogP contribution in [-0.4, -0.2) is 24.5 Å². The Morgan fingerprint density at radius 3 is 2.40 bits per heavy atom. The minimum Gasteiger partial charge on any atom is -0.399 e. The van der Waals surface area contributed by atoms with Crippen LogP contribution in [0.5, 0.6) is 0 Å². The summed E-state index contributed by atoms with van der Waals surface area (Å²) in [5.74, 6) is 1.70. The van der Waals surface area contributed by atoms with Gasteiger partial charge in [-0.25, -0.2) is 9.55 Å². The third-order valence-electron chi connectivity index (χ3n) is 3.68. The van der Waals surface area contributed by atoms with Crippen LogP contribution in [0.15, 0.2) is 48.5 Å². The van der Waals surface area contributed by atoms with Crippen LogP contribution < -0.4 is 16.8 Å². The summed E-state index contributed by atoms with van der Waals surface area (Å²) in [5, 5.41) is 3.28. The quantitative estimate of drug-likeness (QED) is 0.493. The number of hydrogen-bond acceptors (Lipinski definition) is 7. The van der Waals surface area contributed by atoms with Gasteiger partial charge in [-0.15, -0.1) is 0 Å². The maximum absolute atomic E-state index is 5.80. The van der Waals surface area contributed by atoms with Crippen molar-refractivity contribution in [3.63, 3.8) is 0 Å². The zero-order valence-corrected chi connectivity index (χ0v) is 13.5. The largest absolute Gasteiger partial charge is 0.399 e. The van der Waals surface area contributed by atoms with Crippen molar-refractivity contribution in [1.29, 1.82) is 0 Å². The number of para-hydroxylation sites is 2. The summed E-state index contributed by atoms with van der Waals surface area (Å²) in [6, 6.07) is 15.1. The van der Waals surface area contributed by atoms with Gasteiger partial charge in [0.15, 0.2) is 0 Å². The molecule has 4 rings (SSSR count). The lowest BCUT2D eigenvalue weighted by Crippen LogP contribution is -2.10. The highest BCUT2D eigenvalue weighted by Gasteiger charge is 2.15. The molecular weight excluding hydrogens is 316 g/mol. The van der Waals surface area contributed by atoms with Gasteiger partial charge in [-0.3, -0.25) is 0 Å². The molecule has 0 bridgehead atoms. The molecule has 2 heterocycles. The first-order valence-electron chi connectivity index (χ1n) is 7.69. The third-order valence-corrected chi connectivity index (χ3v) is 3.68. The van der Waals surface area contributed by atoms with Gasteiger partial charge in [-0.2, -0.15) is 15.0 Å². The van der Waals surface area contributed by atoms with E-state index in [9.17, 15) is 0 Å². The van der Waals surface area contributed by atoms with Gasteiger partial charge in [-0.1, -0.05) is 12.1 Å². The van der Waals surface area contributed by atoms with Crippen molar-refractivity contribution >= 4 is 34.3 Å². The second-order valence-corrected chi connectivity index (χ2v) is 5.55. The van der Waals surface area contributed by atoms with E-state index >= 15 is 0 Å². The van der Waals surface area contributed by atoms with Crippen LogP contribution >= 0.6 is 0 Å². The van der Waals surface area contributed by atoms with E-state index in [2.05, 4.69) is 25.3 Å². The summed E-state index contributed by atoms with van der Waals surface area (Å²) >= 11 is 0. The van der Waals surface area contributed by atoms with E-state index in [0.29, 0.717) is 23.4 Å². The van der Waals surface area contributed by atoms with Gasteiger partial charge in [0.2, 0.25) is 17.8 Å². The molecule has 2 aromatic heterocycles. The fourth-order valence-corrected chi connectivity index (χ4v) is 2.60. The van der Waals surface area contributed by atoms with Gasteiger partial charge >= 0.3 is 0 Å². The number of nitrogen functional groups attached to an aromatic ring is 2. The van der Waals surface area contributed by atoms with E-state index in [4.69, 9.17) is 11.5 Å². The highest BCUT2D eigenvalue weighted by atomic mass is 15.3. The van der Waals surface area contributed by atoms with Crippen LogP contribution in [0.2, 0.25) is 0 Å². The summed E-state index contributed by atoms with van der Waals surface area (Å²) in [6.45, 7) is 1.77. The van der Waals surface area contributed by atoms with Gasteiger partial charge in [-0.05, 0) is 43.3 Å². The van der Waals surface area contributed by atoms with Crippen molar-refractivity contribution < 1.29 is 0 Å². The molecule has 8 heteroatoms. The molecule has 0 saturated carbocycles. The molecule has 2 aromatic carbocycles. The second-order valence-electron chi connectivity index (χ2n) is 5.55. The molecule has 0 atom stereocenters. The van der Waals surface area contributed by atoms with Crippen molar-refractivity contribution in [3.8, 4) is 5.95 Å². The van der Waals surface area contributed by atoms with Crippen LogP contribution in [-0.2, 0) is 0 Å². The van der Waals surface area contributed by atoms with Crippen LogP contribution in [0.4, 0.5) is 23.3 Å². The normalized spacial score (nSPS) is 10.9. The maximum atomic E-state index is 5.80. The fraction of sp³-hybridized carbons (Fsp3) is 0.0588. The molecule has 124 valence electrons. The second kappa shape index (κ2) is 5.75. The van der Waals surface area contributed by atoms with Gasteiger partial charge in [0.1, 0.15) is 5.82 Å². The number of aromatic nitrogens is 5. The number of imidazole rings is 1. The molecule has 0 unspecified atom stereocenters. The Hall–Kier alpha value is -3.68. The minimum absolute atomic E-state index is 0.165. The Morgan fingerprint density at radius 2 is 1.64 bits per heavy atom. The third kappa shape index (κ3) is 2.80. The Balaban J connectivity index is 1.90. The molecule has 25 heavy (non-hydrogen) atoms. The lowest BCUT2D eigenvalue weighted by molar-refractivity contribution is 0.894. The van der Waals surface area contributed by atoms with Crippen molar-refractivity contribution in [2.45, 2.75) is 6.92 Å². The highest BCUT2D eigenvalue weighted by Crippen LogP contribution is 2.26. The van der Waals surface area contributed by atoms with E-state index in [1.54, 1.807) is 6.92 Å². The Labute approximate surface area is 143 Å². The molecule has 0 aliphatic rings. The average molecular weight is 332 g/mol. The molecule has 4 aromatic rings.